The van der Waals surface area contributed by atoms with Gasteiger partial charge in [0.05, 0.1) is 0 Å². The van der Waals surface area contributed by atoms with Crippen molar-refractivity contribution in [3.05, 3.63) is 34.9 Å². The third-order valence-corrected chi connectivity index (χ3v) is 1.72. The van der Waals surface area contributed by atoms with Crippen LogP contribution >= 0.6 is 23.8 Å². The molecular weight excluding hydrogens is 176 g/mol. The minimum atomic E-state index is 0.777. The second kappa shape index (κ2) is 3.84. The van der Waals surface area contributed by atoms with Crippen molar-refractivity contribution in [2.75, 3.05) is 0 Å². The summed E-state index contributed by atoms with van der Waals surface area (Å²) in [6, 6.07) is 7.78. The maximum Gasteiger partial charge on any atom is 0.0408 e. The molecule has 0 N–H and O–H groups in total. The van der Waals surface area contributed by atoms with Crippen LogP contribution in [0.25, 0.3) is 0 Å². The van der Waals surface area contributed by atoms with Crippen LogP contribution in [-0.2, 0) is 6.42 Å². The molecule has 0 aliphatic rings. The van der Waals surface area contributed by atoms with Crippen molar-refractivity contribution in [1.29, 1.82) is 0 Å². The lowest BCUT2D eigenvalue weighted by molar-refractivity contribution is 1.34. The summed E-state index contributed by atoms with van der Waals surface area (Å²) in [4.78, 5) is 0.993. The molecule has 0 spiro atoms. The van der Waals surface area contributed by atoms with Gasteiger partial charge in [-0.1, -0.05) is 36.0 Å². The van der Waals surface area contributed by atoms with E-state index in [-0.39, 0.29) is 0 Å². The molecule has 0 aliphatic heterocycles. The molecule has 0 aliphatic carbocycles. The molecule has 0 amide bonds. The van der Waals surface area contributed by atoms with Gasteiger partial charge in [-0.3, -0.25) is 0 Å². The molecule has 1 rings (SSSR count). The van der Waals surface area contributed by atoms with Gasteiger partial charge in [-0.25, -0.2) is 0 Å². The summed E-state index contributed by atoms with van der Waals surface area (Å²) in [5, 5.41) is 0.777. The third-order valence-electron chi connectivity index (χ3n) is 1.34. The Bertz CT molecular complexity index is 268. The first-order chi connectivity index (χ1) is 5.18. The van der Waals surface area contributed by atoms with E-state index in [9.17, 15) is 0 Å². The predicted octanol–water partition coefficient (Wildman–Crippen LogP) is 3.27. The average Bonchev–Trinajstić information content (AvgIpc) is 1.85. The molecule has 0 atom stereocenters. The topological polar surface area (TPSA) is 0 Å². The number of benzene rings is 1. The summed E-state index contributed by atoms with van der Waals surface area (Å²) >= 11 is 10.8. The van der Waals surface area contributed by atoms with Crippen molar-refractivity contribution in [3.63, 3.8) is 0 Å². The number of thiocarbonyl (C=S) groups is 1. The van der Waals surface area contributed by atoms with Crippen LogP contribution in [0.5, 0.6) is 0 Å². The van der Waals surface area contributed by atoms with Crippen LogP contribution < -0.4 is 0 Å². The molecule has 0 unspecified atom stereocenters. The normalized spacial score (nSPS) is 9.64. The number of hydrogen-bond acceptors (Lipinski definition) is 1. The molecule has 11 heavy (non-hydrogen) atoms. The molecule has 58 valence electrons. The van der Waals surface area contributed by atoms with Gasteiger partial charge in [0.15, 0.2) is 0 Å². The molecule has 1 aromatic carbocycles. The van der Waals surface area contributed by atoms with Gasteiger partial charge in [-0.2, -0.15) is 0 Å². The number of halogens is 1. The summed E-state index contributed by atoms with van der Waals surface area (Å²) in [5.74, 6) is 0. The van der Waals surface area contributed by atoms with Crippen LogP contribution in [0.2, 0.25) is 5.02 Å². The first-order valence-electron chi connectivity index (χ1n) is 3.42. The van der Waals surface area contributed by atoms with Crippen molar-refractivity contribution in [1.82, 2.24) is 0 Å². The molecule has 0 nitrogen and oxygen atoms in total. The smallest absolute Gasteiger partial charge is 0.0408 e. The van der Waals surface area contributed by atoms with Gasteiger partial charge < -0.3 is 0 Å². The second-order valence-electron chi connectivity index (χ2n) is 2.51. The maximum absolute atomic E-state index is 5.79. The minimum absolute atomic E-state index is 0.777. The van der Waals surface area contributed by atoms with Gasteiger partial charge in [-0.15, -0.1) is 0 Å². The molecule has 2 heteroatoms. The molecule has 0 bridgehead atoms. The Morgan fingerprint density at radius 3 is 2.82 bits per heavy atom. The maximum atomic E-state index is 5.79. The fraction of sp³-hybridized carbons (Fsp3) is 0.222. The second-order valence-corrected chi connectivity index (χ2v) is 3.64. The molecule has 0 saturated heterocycles. The van der Waals surface area contributed by atoms with Crippen molar-refractivity contribution < 1.29 is 0 Å². The summed E-state index contributed by atoms with van der Waals surface area (Å²) in [6.45, 7) is 1.94. The van der Waals surface area contributed by atoms with Gasteiger partial charge >= 0.3 is 0 Å². The fourth-order valence-corrected chi connectivity index (χ4v) is 1.31. The molecule has 0 radical (unpaired) electrons. The summed E-state index contributed by atoms with van der Waals surface area (Å²) in [5.41, 5.74) is 1.19. The summed E-state index contributed by atoms with van der Waals surface area (Å²) in [7, 11) is 0. The Morgan fingerprint density at radius 1 is 1.55 bits per heavy atom. The van der Waals surface area contributed by atoms with Crippen LogP contribution in [0.15, 0.2) is 24.3 Å². The van der Waals surface area contributed by atoms with E-state index >= 15 is 0 Å². The summed E-state index contributed by atoms with van der Waals surface area (Å²) < 4.78 is 0. The van der Waals surface area contributed by atoms with Gasteiger partial charge in [0.1, 0.15) is 0 Å². The number of rotatable bonds is 2. The van der Waals surface area contributed by atoms with Crippen molar-refractivity contribution in [2.45, 2.75) is 13.3 Å². The van der Waals surface area contributed by atoms with Crippen LogP contribution in [0.1, 0.15) is 12.5 Å². The zero-order valence-corrected chi connectivity index (χ0v) is 7.88. The Hall–Kier alpha value is -0.400. The van der Waals surface area contributed by atoms with E-state index in [1.807, 2.05) is 31.2 Å². The summed E-state index contributed by atoms with van der Waals surface area (Å²) in [6.07, 6.45) is 0.843. The van der Waals surface area contributed by atoms with E-state index in [0.717, 1.165) is 16.3 Å². The molecule has 1 aromatic rings. The molecule has 0 fully saturated rings. The molecular formula is C9H9ClS. The predicted molar refractivity (Wildman–Crippen MR) is 53.4 cm³/mol. The highest BCUT2D eigenvalue weighted by molar-refractivity contribution is 7.80. The van der Waals surface area contributed by atoms with Crippen LogP contribution in [-0.4, -0.2) is 4.86 Å². The molecule has 0 saturated carbocycles. The standard InChI is InChI=1S/C9H9ClS/c1-7(11)5-8-3-2-4-9(10)6-8/h2-4,6H,5H2,1H3. The largest absolute Gasteiger partial charge is 0.0896 e. The molecule has 0 heterocycles. The highest BCUT2D eigenvalue weighted by Gasteiger charge is 1.94. The zero-order chi connectivity index (χ0) is 8.27. The highest BCUT2D eigenvalue weighted by atomic mass is 35.5. The number of hydrogen-bond donors (Lipinski definition) is 0. The minimum Gasteiger partial charge on any atom is -0.0896 e. The lowest BCUT2D eigenvalue weighted by Gasteiger charge is -1.98. The first-order valence-corrected chi connectivity index (χ1v) is 4.21. The first kappa shape index (κ1) is 8.69. The van der Waals surface area contributed by atoms with Crippen molar-refractivity contribution >= 4 is 28.7 Å². The molecule has 0 aromatic heterocycles. The van der Waals surface area contributed by atoms with E-state index in [1.54, 1.807) is 0 Å². The fourth-order valence-electron chi connectivity index (χ4n) is 0.934. The van der Waals surface area contributed by atoms with Gasteiger partial charge in [0.25, 0.3) is 0 Å². The van der Waals surface area contributed by atoms with E-state index in [0.29, 0.717) is 0 Å². The van der Waals surface area contributed by atoms with Crippen LogP contribution in [0, 0.1) is 0 Å². The Labute approximate surface area is 77.2 Å². The van der Waals surface area contributed by atoms with Gasteiger partial charge in [0, 0.05) is 11.4 Å². The van der Waals surface area contributed by atoms with Crippen LogP contribution in [0.3, 0.4) is 0 Å². The average molecular weight is 185 g/mol. The lowest BCUT2D eigenvalue weighted by Crippen LogP contribution is -1.92. The van der Waals surface area contributed by atoms with E-state index in [4.69, 9.17) is 23.8 Å². The van der Waals surface area contributed by atoms with Crippen LogP contribution in [0.4, 0.5) is 0 Å². The Kier molecular flexibility index (Phi) is 3.03. The Balaban J connectivity index is 2.79. The van der Waals surface area contributed by atoms with E-state index in [1.165, 1.54) is 5.56 Å². The van der Waals surface area contributed by atoms with Gasteiger partial charge in [-0.05, 0) is 29.5 Å². The highest BCUT2D eigenvalue weighted by Crippen LogP contribution is 2.11. The SMILES string of the molecule is CC(=S)Cc1cccc(Cl)c1. The van der Waals surface area contributed by atoms with Crippen molar-refractivity contribution in [3.8, 4) is 0 Å². The lowest BCUT2D eigenvalue weighted by atomic mass is 10.1. The van der Waals surface area contributed by atoms with Crippen molar-refractivity contribution in [2.24, 2.45) is 0 Å². The zero-order valence-electron chi connectivity index (χ0n) is 6.30. The third kappa shape index (κ3) is 3.00. The Morgan fingerprint density at radius 2 is 2.27 bits per heavy atom. The quantitative estimate of drug-likeness (QED) is 0.636. The van der Waals surface area contributed by atoms with Gasteiger partial charge in [0.2, 0.25) is 0 Å². The van der Waals surface area contributed by atoms with E-state index < -0.39 is 0 Å². The monoisotopic (exact) mass is 184 g/mol. The van der Waals surface area contributed by atoms with E-state index in [2.05, 4.69) is 0 Å².